The highest BCUT2D eigenvalue weighted by molar-refractivity contribution is 5.76. The van der Waals surface area contributed by atoms with Crippen molar-refractivity contribution in [3.63, 3.8) is 0 Å². The summed E-state index contributed by atoms with van der Waals surface area (Å²) in [6.07, 6.45) is 6.82. The summed E-state index contributed by atoms with van der Waals surface area (Å²) in [6, 6.07) is 8.78. The molecule has 0 saturated heterocycles. The molecule has 0 bridgehead atoms. The fourth-order valence-corrected chi connectivity index (χ4v) is 4.66. The van der Waals surface area contributed by atoms with Crippen LogP contribution in [-0.4, -0.2) is 25.2 Å². The van der Waals surface area contributed by atoms with E-state index in [1.165, 1.54) is 17.2 Å². The second kappa shape index (κ2) is 6.65. The molecule has 0 unspecified atom stereocenters. The third kappa shape index (κ3) is 2.84. The van der Waals surface area contributed by atoms with Crippen molar-refractivity contribution in [1.29, 1.82) is 0 Å². The highest BCUT2D eigenvalue weighted by Crippen LogP contribution is 2.36. The topological polar surface area (TPSA) is 33.1 Å². The first kappa shape index (κ1) is 19.6. The van der Waals surface area contributed by atoms with Crippen LogP contribution in [0, 0.1) is 6.92 Å². The van der Waals surface area contributed by atoms with Crippen LogP contribution >= 0.6 is 0 Å². The van der Waals surface area contributed by atoms with Crippen molar-refractivity contribution in [1.82, 2.24) is 19.0 Å². The summed E-state index contributed by atoms with van der Waals surface area (Å²) in [7, 11) is 4.25. The SMILES string of the molecule is Cc1n(C)c(N2C=CN(C(C)(C)c3nc4ccccc4n3C)[C@@H]2C)c[n+]1C(C)C. The molecule has 0 radical (unpaired) electrons. The van der Waals surface area contributed by atoms with E-state index < -0.39 is 0 Å². The summed E-state index contributed by atoms with van der Waals surface area (Å²) < 4.78 is 6.82. The van der Waals surface area contributed by atoms with E-state index in [4.69, 9.17) is 4.98 Å². The summed E-state index contributed by atoms with van der Waals surface area (Å²) in [5.41, 5.74) is 1.95. The lowest BCUT2D eigenvalue weighted by molar-refractivity contribution is -0.721. The van der Waals surface area contributed by atoms with Gasteiger partial charge in [-0.2, -0.15) is 0 Å². The number of hydrogen-bond donors (Lipinski definition) is 0. The van der Waals surface area contributed by atoms with Crippen molar-refractivity contribution in [3.05, 3.63) is 54.5 Å². The molecule has 0 saturated carbocycles. The zero-order valence-electron chi connectivity index (χ0n) is 18.9. The lowest BCUT2D eigenvalue weighted by atomic mass is 10.0. The largest absolute Gasteiger partial charge is 0.344 e. The molecule has 29 heavy (non-hydrogen) atoms. The first-order valence-corrected chi connectivity index (χ1v) is 10.4. The highest BCUT2D eigenvalue weighted by Gasteiger charge is 2.40. The minimum Gasteiger partial charge on any atom is -0.344 e. The number of aromatic nitrogens is 4. The molecule has 6 heteroatoms. The van der Waals surface area contributed by atoms with E-state index in [-0.39, 0.29) is 11.7 Å². The molecule has 6 nitrogen and oxygen atoms in total. The summed E-state index contributed by atoms with van der Waals surface area (Å²) >= 11 is 0. The zero-order valence-corrected chi connectivity index (χ0v) is 18.9. The number of anilines is 1. The molecule has 3 aromatic rings. The normalized spacial score (nSPS) is 17.3. The van der Waals surface area contributed by atoms with Gasteiger partial charge in [-0.25, -0.2) is 14.1 Å². The molecule has 4 rings (SSSR count). The monoisotopic (exact) mass is 393 g/mol. The summed E-state index contributed by atoms with van der Waals surface area (Å²) in [6.45, 7) is 13.4. The Morgan fingerprint density at radius 1 is 1.07 bits per heavy atom. The maximum absolute atomic E-state index is 4.98. The Morgan fingerprint density at radius 3 is 2.38 bits per heavy atom. The highest BCUT2D eigenvalue weighted by atomic mass is 15.5. The molecular formula is C23H33N6+. The number of nitrogens with zero attached hydrogens (tertiary/aromatic N) is 6. The average molecular weight is 394 g/mol. The van der Waals surface area contributed by atoms with Crippen LogP contribution in [-0.2, 0) is 19.6 Å². The van der Waals surface area contributed by atoms with Crippen LogP contribution in [0.3, 0.4) is 0 Å². The Bertz CT molecular complexity index is 1080. The van der Waals surface area contributed by atoms with Gasteiger partial charge >= 0.3 is 0 Å². The molecule has 0 fully saturated rings. The molecule has 1 aromatic carbocycles. The van der Waals surface area contributed by atoms with Crippen LogP contribution in [0.4, 0.5) is 5.82 Å². The smallest absolute Gasteiger partial charge is 0.254 e. The molecule has 2 aromatic heterocycles. The lowest BCUT2D eigenvalue weighted by Crippen LogP contribution is -2.47. The van der Waals surface area contributed by atoms with Crippen LogP contribution in [0.15, 0.2) is 42.9 Å². The summed E-state index contributed by atoms with van der Waals surface area (Å²) in [4.78, 5) is 9.72. The predicted octanol–water partition coefficient (Wildman–Crippen LogP) is 3.96. The standard InChI is InChI=1S/C23H33N6/c1-16(2)28-15-21(25(7)17(28)3)27-13-14-29(18(27)4)23(5,6)22-24-19-11-9-10-12-20(19)26(22)8/h9-16,18H,1-8H3/q+1/t18-/m1/s1. The number of hydrogen-bond acceptors (Lipinski definition) is 3. The number of para-hydroxylation sites is 2. The Hall–Kier alpha value is -2.76. The Balaban J connectivity index is 1.70. The van der Waals surface area contributed by atoms with E-state index in [2.05, 4.69) is 116 Å². The minimum atomic E-state index is -0.257. The van der Waals surface area contributed by atoms with Gasteiger partial charge in [0.15, 0.2) is 6.20 Å². The molecule has 0 spiro atoms. The van der Waals surface area contributed by atoms with Crippen LogP contribution in [0.5, 0.6) is 0 Å². The first-order chi connectivity index (χ1) is 13.6. The Labute approximate surface area is 173 Å². The van der Waals surface area contributed by atoms with Crippen molar-refractivity contribution < 1.29 is 4.57 Å². The van der Waals surface area contributed by atoms with Gasteiger partial charge in [-0.1, -0.05) is 12.1 Å². The number of imidazole rings is 2. The number of benzene rings is 1. The number of aryl methyl sites for hydroxylation is 1. The van der Waals surface area contributed by atoms with Gasteiger partial charge in [0.05, 0.1) is 29.7 Å². The first-order valence-electron chi connectivity index (χ1n) is 10.4. The molecule has 1 aliphatic rings. The van der Waals surface area contributed by atoms with Crippen molar-refractivity contribution in [3.8, 4) is 0 Å². The fraction of sp³-hybridized carbons (Fsp3) is 0.478. The Morgan fingerprint density at radius 2 is 1.76 bits per heavy atom. The maximum atomic E-state index is 4.98. The van der Waals surface area contributed by atoms with Crippen molar-refractivity contribution >= 4 is 16.9 Å². The minimum absolute atomic E-state index is 0.179. The van der Waals surface area contributed by atoms with E-state index in [0.717, 1.165) is 11.3 Å². The van der Waals surface area contributed by atoms with Gasteiger partial charge in [-0.05, 0) is 46.8 Å². The lowest BCUT2D eigenvalue weighted by Gasteiger charge is -2.40. The quantitative estimate of drug-likeness (QED) is 0.629. The molecule has 3 heterocycles. The zero-order chi connectivity index (χ0) is 21.1. The van der Waals surface area contributed by atoms with Crippen LogP contribution in [0.2, 0.25) is 0 Å². The second-order valence-corrected chi connectivity index (χ2v) is 8.88. The van der Waals surface area contributed by atoms with E-state index in [1.54, 1.807) is 0 Å². The third-order valence-corrected chi connectivity index (χ3v) is 6.45. The summed E-state index contributed by atoms with van der Waals surface area (Å²) in [5.74, 6) is 3.52. The van der Waals surface area contributed by atoms with Gasteiger partial charge in [-0.3, -0.25) is 4.90 Å². The summed E-state index contributed by atoms with van der Waals surface area (Å²) in [5, 5.41) is 0. The second-order valence-electron chi connectivity index (χ2n) is 8.88. The number of fused-ring (bicyclic) bond motifs is 1. The Kier molecular flexibility index (Phi) is 4.48. The van der Waals surface area contributed by atoms with E-state index in [1.807, 2.05) is 6.07 Å². The predicted molar refractivity (Wildman–Crippen MR) is 117 cm³/mol. The van der Waals surface area contributed by atoms with Gasteiger partial charge in [0.25, 0.3) is 5.82 Å². The van der Waals surface area contributed by atoms with Gasteiger partial charge in [-0.15, -0.1) is 0 Å². The number of rotatable bonds is 4. The van der Waals surface area contributed by atoms with Gasteiger partial charge in [0, 0.05) is 26.4 Å². The van der Waals surface area contributed by atoms with Crippen LogP contribution in [0.25, 0.3) is 11.0 Å². The molecular weight excluding hydrogens is 360 g/mol. The van der Waals surface area contributed by atoms with E-state index in [0.29, 0.717) is 6.04 Å². The van der Waals surface area contributed by atoms with E-state index in [9.17, 15) is 0 Å². The maximum Gasteiger partial charge on any atom is 0.254 e. The van der Waals surface area contributed by atoms with Crippen LogP contribution in [0.1, 0.15) is 52.3 Å². The van der Waals surface area contributed by atoms with Crippen molar-refractivity contribution in [2.75, 3.05) is 4.90 Å². The van der Waals surface area contributed by atoms with Crippen LogP contribution < -0.4 is 9.47 Å². The van der Waals surface area contributed by atoms with E-state index >= 15 is 0 Å². The van der Waals surface area contributed by atoms with Crippen molar-refractivity contribution in [2.24, 2.45) is 14.1 Å². The average Bonchev–Trinajstić information content (AvgIpc) is 3.31. The molecule has 0 N–H and O–H groups in total. The fourth-order valence-electron chi connectivity index (χ4n) is 4.66. The third-order valence-electron chi connectivity index (χ3n) is 6.45. The molecule has 1 atom stereocenters. The molecule has 1 aliphatic heterocycles. The van der Waals surface area contributed by atoms with Crippen molar-refractivity contribution in [2.45, 2.75) is 59.3 Å². The van der Waals surface area contributed by atoms with Gasteiger partial charge < -0.3 is 9.47 Å². The molecule has 0 amide bonds. The van der Waals surface area contributed by atoms with Gasteiger partial charge in [0.2, 0.25) is 5.82 Å². The molecule has 154 valence electrons. The van der Waals surface area contributed by atoms with Gasteiger partial charge in [0.1, 0.15) is 12.0 Å². The molecule has 0 aliphatic carbocycles.